The molecule has 0 fully saturated rings. The molecule has 3 aromatic rings. The smallest absolute Gasteiger partial charge is 0.258 e. The van der Waals surface area contributed by atoms with E-state index in [1.54, 1.807) is 17.8 Å². The Bertz CT molecular complexity index is 937. The van der Waals surface area contributed by atoms with Crippen molar-refractivity contribution in [2.45, 2.75) is 18.7 Å². The van der Waals surface area contributed by atoms with Crippen LogP contribution in [0.25, 0.3) is 10.2 Å². The molecular formula is C18H17N3O2S2. The molecule has 5 nitrogen and oxygen atoms in total. The van der Waals surface area contributed by atoms with Gasteiger partial charge in [0.05, 0.1) is 15.8 Å². The minimum atomic E-state index is -0.169. The number of hydrogen-bond donors (Lipinski definition) is 2. The summed E-state index contributed by atoms with van der Waals surface area (Å²) in [6.07, 6.45) is 0. The van der Waals surface area contributed by atoms with Gasteiger partial charge in [-0.2, -0.15) is 0 Å². The lowest BCUT2D eigenvalue weighted by Crippen LogP contribution is -2.12. The predicted octanol–water partition coefficient (Wildman–Crippen LogP) is 4.62. The lowest BCUT2D eigenvalue weighted by atomic mass is 10.2. The summed E-state index contributed by atoms with van der Waals surface area (Å²) in [6, 6.07) is 13.0. The lowest BCUT2D eigenvalue weighted by molar-refractivity contribution is -0.114. The van der Waals surface area contributed by atoms with Crippen LogP contribution in [-0.4, -0.2) is 22.6 Å². The number of aromatic nitrogens is 1. The monoisotopic (exact) mass is 371 g/mol. The minimum Gasteiger partial charge on any atom is -0.326 e. The highest BCUT2D eigenvalue weighted by molar-refractivity contribution is 7.99. The number of benzene rings is 2. The van der Waals surface area contributed by atoms with Gasteiger partial charge >= 0.3 is 0 Å². The Labute approximate surface area is 153 Å². The number of nitrogens with one attached hydrogen (secondary N) is 2. The van der Waals surface area contributed by atoms with Crippen molar-refractivity contribution in [3.8, 4) is 0 Å². The van der Waals surface area contributed by atoms with Crippen molar-refractivity contribution in [2.75, 3.05) is 16.4 Å². The zero-order valence-electron chi connectivity index (χ0n) is 13.8. The number of amides is 2. The summed E-state index contributed by atoms with van der Waals surface area (Å²) < 4.78 is 0.901. The Balaban J connectivity index is 1.83. The van der Waals surface area contributed by atoms with E-state index in [9.17, 15) is 9.59 Å². The predicted molar refractivity (Wildman–Crippen MR) is 105 cm³/mol. The van der Waals surface area contributed by atoms with E-state index in [2.05, 4.69) is 22.5 Å². The molecule has 0 bridgehead atoms. The molecule has 0 aliphatic carbocycles. The van der Waals surface area contributed by atoms with Crippen LogP contribution in [0.4, 0.5) is 10.8 Å². The number of carbonyl (C=O) groups is 2. The van der Waals surface area contributed by atoms with Gasteiger partial charge in [-0.15, -0.1) is 11.8 Å². The van der Waals surface area contributed by atoms with Gasteiger partial charge < -0.3 is 5.32 Å². The van der Waals surface area contributed by atoms with Crippen LogP contribution in [0.1, 0.15) is 24.2 Å². The van der Waals surface area contributed by atoms with E-state index >= 15 is 0 Å². The molecule has 1 aromatic heterocycles. The molecule has 0 atom stereocenters. The Morgan fingerprint density at radius 1 is 1.16 bits per heavy atom. The highest BCUT2D eigenvalue weighted by Crippen LogP contribution is 2.29. The second-order valence-corrected chi connectivity index (χ2v) is 7.60. The van der Waals surface area contributed by atoms with E-state index in [-0.39, 0.29) is 11.8 Å². The zero-order chi connectivity index (χ0) is 17.8. The second kappa shape index (κ2) is 7.67. The van der Waals surface area contributed by atoms with Gasteiger partial charge in [0.15, 0.2) is 5.13 Å². The first kappa shape index (κ1) is 17.4. The van der Waals surface area contributed by atoms with Gasteiger partial charge in [0.25, 0.3) is 5.91 Å². The molecule has 0 saturated heterocycles. The van der Waals surface area contributed by atoms with Gasteiger partial charge in [-0.05, 0) is 36.1 Å². The number of thioether (sulfide) groups is 1. The molecule has 0 unspecified atom stereocenters. The quantitative estimate of drug-likeness (QED) is 0.642. The van der Waals surface area contributed by atoms with Crippen LogP contribution in [0.3, 0.4) is 0 Å². The average Bonchev–Trinajstić information content (AvgIpc) is 2.96. The number of thiazole rings is 1. The van der Waals surface area contributed by atoms with Crippen molar-refractivity contribution in [3.63, 3.8) is 0 Å². The van der Waals surface area contributed by atoms with Crippen LogP contribution in [0.15, 0.2) is 47.4 Å². The van der Waals surface area contributed by atoms with Crippen LogP contribution >= 0.6 is 23.1 Å². The van der Waals surface area contributed by atoms with E-state index in [1.807, 2.05) is 36.4 Å². The van der Waals surface area contributed by atoms with Crippen LogP contribution in [-0.2, 0) is 4.79 Å². The third kappa shape index (κ3) is 4.18. The molecule has 2 amide bonds. The van der Waals surface area contributed by atoms with Crippen molar-refractivity contribution < 1.29 is 9.59 Å². The first-order chi connectivity index (χ1) is 12.1. The van der Waals surface area contributed by atoms with Crippen LogP contribution in [0.2, 0.25) is 0 Å². The van der Waals surface area contributed by atoms with Gasteiger partial charge in [0.2, 0.25) is 5.91 Å². The average molecular weight is 371 g/mol. The van der Waals surface area contributed by atoms with Gasteiger partial charge in [-0.25, -0.2) is 4.98 Å². The van der Waals surface area contributed by atoms with Crippen molar-refractivity contribution in [3.05, 3.63) is 48.0 Å². The minimum absolute atomic E-state index is 0.123. The number of carbonyl (C=O) groups excluding carboxylic acids is 2. The third-order valence-electron chi connectivity index (χ3n) is 3.36. The maximum atomic E-state index is 12.6. The van der Waals surface area contributed by atoms with Gasteiger partial charge in [0.1, 0.15) is 0 Å². The summed E-state index contributed by atoms with van der Waals surface area (Å²) in [5.41, 5.74) is 2.14. The van der Waals surface area contributed by atoms with E-state index in [4.69, 9.17) is 0 Å². The first-order valence-electron chi connectivity index (χ1n) is 7.78. The molecule has 0 radical (unpaired) electrons. The first-order valence-corrected chi connectivity index (χ1v) is 9.58. The molecule has 0 saturated carbocycles. The molecule has 128 valence electrons. The third-order valence-corrected chi connectivity index (χ3v) is 5.25. The Hall–Kier alpha value is -2.38. The summed E-state index contributed by atoms with van der Waals surface area (Å²) in [7, 11) is 0. The molecule has 0 aliphatic rings. The fourth-order valence-electron chi connectivity index (χ4n) is 2.36. The highest BCUT2D eigenvalue weighted by Gasteiger charge is 2.13. The summed E-state index contributed by atoms with van der Waals surface area (Å²) in [4.78, 5) is 29.1. The largest absolute Gasteiger partial charge is 0.326 e. The number of anilines is 2. The van der Waals surface area contributed by atoms with Crippen LogP contribution in [0, 0.1) is 0 Å². The molecule has 1 heterocycles. The molecule has 3 rings (SSSR count). The van der Waals surface area contributed by atoms with Crippen LogP contribution in [0.5, 0.6) is 0 Å². The van der Waals surface area contributed by atoms with Crippen molar-refractivity contribution in [1.29, 1.82) is 0 Å². The van der Waals surface area contributed by atoms with E-state index < -0.39 is 0 Å². The number of hydrogen-bond acceptors (Lipinski definition) is 5. The summed E-state index contributed by atoms with van der Waals surface area (Å²) in [5.74, 6) is 0.609. The SMILES string of the molecule is CCSc1ccccc1C(=O)Nc1nc2ccc(NC(C)=O)cc2s1. The molecule has 25 heavy (non-hydrogen) atoms. The summed E-state index contributed by atoms with van der Waals surface area (Å²) in [6.45, 7) is 3.52. The molecule has 7 heteroatoms. The van der Waals surface area contributed by atoms with Crippen molar-refractivity contribution in [2.24, 2.45) is 0 Å². The summed E-state index contributed by atoms with van der Waals surface area (Å²) >= 11 is 3.01. The maximum Gasteiger partial charge on any atom is 0.258 e. The fraction of sp³-hybridized carbons (Fsp3) is 0.167. The number of nitrogens with zero attached hydrogens (tertiary/aromatic N) is 1. The molecule has 2 aromatic carbocycles. The van der Waals surface area contributed by atoms with E-state index in [0.717, 1.165) is 20.9 Å². The Kier molecular flexibility index (Phi) is 5.35. The van der Waals surface area contributed by atoms with Crippen LogP contribution < -0.4 is 10.6 Å². The maximum absolute atomic E-state index is 12.6. The standard InChI is InChI=1S/C18H17N3O2S2/c1-3-24-15-7-5-4-6-13(15)17(23)21-18-20-14-9-8-12(19-11(2)22)10-16(14)25-18/h4-10H,3H2,1-2H3,(H,19,22)(H,20,21,23). The number of rotatable bonds is 5. The van der Waals surface area contributed by atoms with Gasteiger partial charge in [0, 0.05) is 17.5 Å². The lowest BCUT2D eigenvalue weighted by Gasteiger charge is -2.07. The Morgan fingerprint density at radius 2 is 1.96 bits per heavy atom. The second-order valence-electron chi connectivity index (χ2n) is 5.27. The Morgan fingerprint density at radius 3 is 2.72 bits per heavy atom. The van der Waals surface area contributed by atoms with E-state index in [1.165, 1.54) is 18.3 Å². The molecule has 2 N–H and O–H groups in total. The fourth-order valence-corrected chi connectivity index (χ4v) is 4.06. The van der Waals surface area contributed by atoms with Crippen molar-refractivity contribution >= 4 is 55.9 Å². The molecule has 0 spiro atoms. The van der Waals surface area contributed by atoms with E-state index in [0.29, 0.717) is 16.4 Å². The normalized spacial score (nSPS) is 10.6. The zero-order valence-corrected chi connectivity index (χ0v) is 15.5. The van der Waals surface area contributed by atoms with Gasteiger partial charge in [-0.3, -0.25) is 14.9 Å². The number of fused-ring (bicyclic) bond motifs is 1. The molecule has 0 aliphatic heterocycles. The highest BCUT2D eigenvalue weighted by atomic mass is 32.2. The molecular weight excluding hydrogens is 354 g/mol. The summed E-state index contributed by atoms with van der Waals surface area (Å²) in [5, 5.41) is 6.16. The van der Waals surface area contributed by atoms with Crippen molar-refractivity contribution in [1.82, 2.24) is 4.98 Å². The van der Waals surface area contributed by atoms with Gasteiger partial charge in [-0.1, -0.05) is 30.4 Å². The topological polar surface area (TPSA) is 71.1 Å².